The minimum atomic E-state index is -0.979. The van der Waals surface area contributed by atoms with Crippen LogP contribution >= 0.6 is 11.6 Å². The zero-order valence-corrected chi connectivity index (χ0v) is 21.0. The van der Waals surface area contributed by atoms with Crippen molar-refractivity contribution in [3.8, 4) is 11.4 Å². The number of anilines is 1. The van der Waals surface area contributed by atoms with E-state index in [0.29, 0.717) is 46.4 Å². The Morgan fingerprint density at radius 2 is 1.92 bits per heavy atom. The summed E-state index contributed by atoms with van der Waals surface area (Å²) in [5.74, 6) is -1.01. The molecule has 196 valence electrons. The van der Waals surface area contributed by atoms with Crippen LogP contribution in [0, 0.1) is 17.8 Å². The van der Waals surface area contributed by atoms with E-state index in [4.69, 9.17) is 22.3 Å². The number of imidazole rings is 1. The number of hydrogen-bond donors (Lipinski definition) is 5. The maximum absolute atomic E-state index is 12.9. The molecule has 0 spiro atoms. The molecular formula is C26H26ClN7O4. The molecule has 1 unspecified atom stereocenters. The number of carboxylic acid groups (broad SMARTS) is 1. The highest BCUT2D eigenvalue weighted by molar-refractivity contribution is 6.34. The summed E-state index contributed by atoms with van der Waals surface area (Å²) in [6.45, 7) is 0.965. The number of carbonyl (C=O) groups is 3. The second-order valence-electron chi connectivity index (χ2n) is 9.98. The number of pyridine rings is 1. The number of aromatic nitrogens is 3. The number of nitrogens with one attached hydrogen (secondary N) is 3. The summed E-state index contributed by atoms with van der Waals surface area (Å²) in [6.07, 6.45) is 6.60. The Hall–Kier alpha value is -3.96. The molecule has 12 heteroatoms. The van der Waals surface area contributed by atoms with E-state index in [9.17, 15) is 19.5 Å². The molecule has 6 N–H and O–H groups in total. The first-order valence-corrected chi connectivity index (χ1v) is 12.8. The third kappa shape index (κ3) is 4.17. The lowest BCUT2D eigenvalue weighted by Gasteiger charge is -2.31. The molecule has 2 bridgehead atoms. The molecule has 38 heavy (non-hydrogen) atoms. The Morgan fingerprint density at radius 3 is 2.66 bits per heavy atom. The summed E-state index contributed by atoms with van der Waals surface area (Å²) in [5.41, 5.74) is 8.59. The molecule has 3 aliphatic rings. The second kappa shape index (κ2) is 9.41. The Balaban J connectivity index is 1.25. The predicted molar refractivity (Wildman–Crippen MR) is 140 cm³/mol. The molecule has 2 aliphatic carbocycles. The van der Waals surface area contributed by atoms with Crippen molar-refractivity contribution in [3.05, 3.63) is 53.2 Å². The van der Waals surface area contributed by atoms with Crippen LogP contribution in [-0.4, -0.2) is 74.5 Å². The largest absolute Gasteiger partial charge is 0.480 e. The van der Waals surface area contributed by atoms with Gasteiger partial charge >= 0.3 is 5.97 Å². The van der Waals surface area contributed by atoms with Crippen LogP contribution < -0.4 is 16.4 Å². The highest BCUT2D eigenvalue weighted by atomic mass is 35.5. The summed E-state index contributed by atoms with van der Waals surface area (Å²) in [4.78, 5) is 50.3. The quantitative estimate of drug-likeness (QED) is 0.298. The SMILES string of the molecule is NC(=O)[C@H]1[C@H](Nc2c(Cl)cnc3[nH]c(-c4ccc(C(=O)N5CCNC(C(=O)O)C5)cc4)nc23)[C@@H]2C=C[C@@H]1C2. The van der Waals surface area contributed by atoms with E-state index in [1.807, 2.05) is 0 Å². The first-order valence-electron chi connectivity index (χ1n) is 12.4. The average Bonchev–Trinajstić information content (AvgIpc) is 3.65. The van der Waals surface area contributed by atoms with Gasteiger partial charge in [0.1, 0.15) is 17.4 Å². The molecule has 11 nitrogen and oxygen atoms in total. The predicted octanol–water partition coefficient (Wildman–Crippen LogP) is 1.86. The molecule has 3 heterocycles. The zero-order chi connectivity index (χ0) is 26.6. The number of rotatable bonds is 6. The van der Waals surface area contributed by atoms with Crippen molar-refractivity contribution in [2.75, 3.05) is 25.0 Å². The molecule has 1 saturated carbocycles. The number of allylic oxidation sites excluding steroid dienone is 1. The molecule has 1 aliphatic heterocycles. The van der Waals surface area contributed by atoms with Crippen molar-refractivity contribution in [3.63, 3.8) is 0 Å². The lowest BCUT2D eigenvalue weighted by molar-refractivity contribution is -0.140. The van der Waals surface area contributed by atoms with Crippen LogP contribution in [0.2, 0.25) is 5.02 Å². The lowest BCUT2D eigenvalue weighted by Crippen LogP contribution is -2.55. The van der Waals surface area contributed by atoms with Gasteiger partial charge in [0.2, 0.25) is 5.91 Å². The fourth-order valence-corrected chi connectivity index (χ4v) is 6.02. The Morgan fingerprint density at radius 1 is 1.16 bits per heavy atom. The van der Waals surface area contributed by atoms with Gasteiger partial charge in [0.15, 0.2) is 5.65 Å². The average molecular weight is 536 g/mol. The first kappa shape index (κ1) is 24.4. The van der Waals surface area contributed by atoms with Gasteiger partial charge in [-0.1, -0.05) is 35.9 Å². The van der Waals surface area contributed by atoms with Crippen LogP contribution in [0.1, 0.15) is 16.8 Å². The Bertz CT molecular complexity index is 1470. The third-order valence-corrected chi connectivity index (χ3v) is 8.02. The number of halogens is 1. The van der Waals surface area contributed by atoms with Gasteiger partial charge in [0.05, 0.1) is 22.8 Å². The number of carbonyl (C=O) groups excluding carboxylic acids is 2. The van der Waals surface area contributed by atoms with Gasteiger partial charge < -0.3 is 31.4 Å². The topological polar surface area (TPSA) is 166 Å². The summed E-state index contributed by atoms with van der Waals surface area (Å²) < 4.78 is 0. The maximum Gasteiger partial charge on any atom is 0.322 e. The van der Waals surface area contributed by atoms with E-state index < -0.39 is 12.0 Å². The summed E-state index contributed by atoms with van der Waals surface area (Å²) in [7, 11) is 0. The smallest absolute Gasteiger partial charge is 0.322 e. The van der Waals surface area contributed by atoms with Gasteiger partial charge in [-0.15, -0.1) is 0 Å². The second-order valence-corrected chi connectivity index (χ2v) is 10.4. The van der Waals surface area contributed by atoms with E-state index in [2.05, 4.69) is 32.8 Å². The molecule has 0 radical (unpaired) electrons. The zero-order valence-electron chi connectivity index (χ0n) is 20.2. The van der Waals surface area contributed by atoms with E-state index in [0.717, 1.165) is 12.0 Å². The minimum absolute atomic E-state index is 0.108. The van der Waals surface area contributed by atoms with Gasteiger partial charge in [-0.25, -0.2) is 9.97 Å². The van der Waals surface area contributed by atoms with Crippen LogP contribution in [0.3, 0.4) is 0 Å². The first-order chi connectivity index (χ1) is 18.3. The number of nitrogens with zero attached hydrogens (tertiary/aromatic N) is 3. The van der Waals surface area contributed by atoms with Gasteiger partial charge in [0.25, 0.3) is 5.91 Å². The molecule has 3 aromatic rings. The number of primary amides is 1. The number of piperazine rings is 1. The van der Waals surface area contributed by atoms with Crippen molar-refractivity contribution >= 4 is 46.2 Å². The number of amides is 2. The van der Waals surface area contributed by atoms with Gasteiger partial charge in [-0.3, -0.25) is 14.4 Å². The van der Waals surface area contributed by atoms with Gasteiger partial charge in [-0.05, 0) is 30.4 Å². The molecule has 2 aromatic heterocycles. The number of H-pyrrole nitrogens is 1. The van der Waals surface area contributed by atoms with Crippen molar-refractivity contribution < 1.29 is 19.5 Å². The summed E-state index contributed by atoms with van der Waals surface area (Å²) in [5, 5.41) is 16.0. The normalized spacial score (nSPS) is 26.1. The highest BCUT2D eigenvalue weighted by Gasteiger charge is 2.47. The van der Waals surface area contributed by atoms with Crippen LogP contribution in [0.4, 0.5) is 5.69 Å². The number of nitrogens with two attached hydrogens (primary N) is 1. The molecule has 6 rings (SSSR count). The van der Waals surface area contributed by atoms with E-state index in [1.165, 1.54) is 6.20 Å². The van der Waals surface area contributed by atoms with Crippen molar-refractivity contribution in [1.82, 2.24) is 25.2 Å². The molecule has 2 amide bonds. The molecular weight excluding hydrogens is 510 g/mol. The van der Waals surface area contributed by atoms with Crippen molar-refractivity contribution in [2.45, 2.75) is 18.5 Å². The van der Waals surface area contributed by atoms with Gasteiger partial charge in [0, 0.05) is 36.8 Å². The van der Waals surface area contributed by atoms with Crippen LogP contribution in [-0.2, 0) is 9.59 Å². The number of aliphatic carboxylic acids is 1. The lowest BCUT2D eigenvalue weighted by atomic mass is 9.88. The van der Waals surface area contributed by atoms with Crippen LogP contribution in [0.25, 0.3) is 22.6 Å². The monoisotopic (exact) mass is 535 g/mol. The standard InChI is InChI=1S/C26H26ClN7O4/c27-16-10-30-24-21(20(16)31-19-15-6-5-14(9-15)18(19)22(28)35)32-23(33-24)12-1-3-13(4-2-12)25(36)34-8-7-29-17(11-34)26(37)38/h1-6,10,14-15,17-19,29H,7-9,11H2,(H2,28,35)(H,37,38)(H2,30,31,32,33)/t14-,15-,17?,18-,19-/m1/s1. The summed E-state index contributed by atoms with van der Waals surface area (Å²) >= 11 is 6.53. The van der Waals surface area contributed by atoms with Crippen molar-refractivity contribution in [1.29, 1.82) is 0 Å². The fourth-order valence-electron chi connectivity index (χ4n) is 5.83. The van der Waals surface area contributed by atoms with E-state index in [-0.39, 0.29) is 42.2 Å². The Labute approximate surface area is 222 Å². The number of benzene rings is 1. The van der Waals surface area contributed by atoms with E-state index in [1.54, 1.807) is 29.2 Å². The highest BCUT2D eigenvalue weighted by Crippen LogP contribution is 2.46. The minimum Gasteiger partial charge on any atom is -0.480 e. The van der Waals surface area contributed by atoms with Crippen LogP contribution in [0.15, 0.2) is 42.6 Å². The Kier molecular flexibility index (Phi) is 6.04. The maximum atomic E-state index is 12.9. The number of aromatic amines is 1. The van der Waals surface area contributed by atoms with E-state index >= 15 is 0 Å². The molecule has 2 fully saturated rings. The number of fused-ring (bicyclic) bond motifs is 3. The fraction of sp³-hybridized carbons (Fsp3) is 0.346. The van der Waals surface area contributed by atoms with Crippen LogP contribution in [0.5, 0.6) is 0 Å². The van der Waals surface area contributed by atoms with Gasteiger partial charge in [-0.2, -0.15) is 0 Å². The molecule has 5 atom stereocenters. The summed E-state index contributed by atoms with van der Waals surface area (Å²) in [6, 6.07) is 5.99. The van der Waals surface area contributed by atoms with Crippen molar-refractivity contribution in [2.24, 2.45) is 23.5 Å². The molecule has 1 aromatic carbocycles. The molecule has 1 saturated heterocycles. The number of carboxylic acids is 1. The third-order valence-electron chi connectivity index (χ3n) is 7.73. The number of hydrogen-bond acceptors (Lipinski definition) is 7.